The van der Waals surface area contributed by atoms with Crippen molar-refractivity contribution in [2.45, 2.75) is 109 Å². The van der Waals surface area contributed by atoms with Gasteiger partial charge in [-0.3, -0.25) is 4.79 Å². The van der Waals surface area contributed by atoms with E-state index in [0.29, 0.717) is 11.3 Å². The molecule has 2 aliphatic carbocycles. The summed E-state index contributed by atoms with van der Waals surface area (Å²) < 4.78 is 42.0. The van der Waals surface area contributed by atoms with Crippen LogP contribution in [-0.2, 0) is 49.4 Å². The minimum Gasteiger partial charge on any atom is -0.497 e. The maximum atomic E-state index is 14.3. The third kappa shape index (κ3) is 3.54. The second-order valence-corrected chi connectivity index (χ2v) is 15.7. The van der Waals surface area contributed by atoms with E-state index in [0.717, 1.165) is 0 Å². The Labute approximate surface area is 271 Å². The highest BCUT2D eigenvalue weighted by atomic mass is 16.8. The minimum absolute atomic E-state index is 0.108. The molecule has 7 rings (SSSR count). The highest BCUT2D eigenvalue weighted by Crippen LogP contribution is 2.85. The molecule has 47 heavy (non-hydrogen) atoms. The van der Waals surface area contributed by atoms with E-state index in [2.05, 4.69) is 5.32 Å². The summed E-state index contributed by atoms with van der Waals surface area (Å²) in [7, 11) is 1.54. The number of benzene rings is 1. The van der Waals surface area contributed by atoms with Gasteiger partial charge in [0.1, 0.15) is 17.3 Å². The van der Waals surface area contributed by atoms with Gasteiger partial charge in [0.15, 0.2) is 23.9 Å². The van der Waals surface area contributed by atoms with Crippen molar-refractivity contribution < 1.29 is 62.5 Å². The second kappa shape index (κ2) is 9.58. The van der Waals surface area contributed by atoms with Crippen molar-refractivity contribution in [1.82, 2.24) is 5.32 Å². The number of hydrogen-bond donors (Lipinski definition) is 3. The number of amides is 1. The number of ether oxygens (including phenoxy) is 7. The van der Waals surface area contributed by atoms with Crippen LogP contribution in [0.2, 0.25) is 0 Å². The lowest BCUT2D eigenvalue weighted by molar-refractivity contribution is -0.240. The van der Waals surface area contributed by atoms with Crippen LogP contribution < -0.4 is 10.1 Å². The number of aliphatic hydroxyl groups is 2. The average Bonchev–Trinajstić information content (AvgIpc) is 3.66. The first-order chi connectivity index (χ1) is 21.8. The van der Waals surface area contributed by atoms with Crippen molar-refractivity contribution in [3.8, 4) is 5.75 Å². The molecule has 0 bridgehead atoms. The number of hydrogen-bond acceptors (Lipinski definition) is 13. The molecular weight excluding hydrogens is 618 g/mol. The van der Waals surface area contributed by atoms with Gasteiger partial charge in [-0.2, -0.15) is 0 Å². The Morgan fingerprint density at radius 2 is 1.64 bits per heavy atom. The highest BCUT2D eigenvalue weighted by molar-refractivity contribution is 5.94. The van der Waals surface area contributed by atoms with Crippen molar-refractivity contribution in [3.63, 3.8) is 0 Å². The van der Waals surface area contributed by atoms with E-state index in [1.807, 2.05) is 20.8 Å². The third-order valence-corrected chi connectivity index (χ3v) is 11.2. The average molecular weight is 660 g/mol. The van der Waals surface area contributed by atoms with E-state index in [9.17, 15) is 29.4 Å². The fourth-order valence-electron chi connectivity index (χ4n) is 9.92. The number of carbonyl (C=O) groups is 4. The quantitative estimate of drug-likeness (QED) is 0.304. The molecule has 6 fully saturated rings. The van der Waals surface area contributed by atoms with Gasteiger partial charge in [-0.1, -0.05) is 32.9 Å². The third-order valence-electron chi connectivity index (χ3n) is 11.2. The van der Waals surface area contributed by atoms with Gasteiger partial charge in [-0.05, 0) is 50.8 Å². The summed E-state index contributed by atoms with van der Waals surface area (Å²) in [5, 5.41) is 27.7. The van der Waals surface area contributed by atoms with Crippen LogP contribution >= 0.6 is 0 Å². The zero-order valence-electron chi connectivity index (χ0n) is 27.5. The zero-order chi connectivity index (χ0) is 34.3. The minimum atomic E-state index is -2.47. The van der Waals surface area contributed by atoms with Gasteiger partial charge in [-0.15, -0.1) is 0 Å². The summed E-state index contributed by atoms with van der Waals surface area (Å²) >= 11 is 0. The number of nitrogens with one attached hydrogen (secondary N) is 1. The zero-order valence-corrected chi connectivity index (χ0v) is 27.5. The van der Waals surface area contributed by atoms with E-state index in [4.69, 9.17) is 33.2 Å². The molecule has 2 saturated carbocycles. The summed E-state index contributed by atoms with van der Waals surface area (Å²) in [6.45, 7) is 12.0. The number of aliphatic hydroxyl groups excluding tert-OH is 1. The summed E-state index contributed by atoms with van der Waals surface area (Å²) in [4.78, 5) is 55.0. The molecule has 6 unspecified atom stereocenters. The predicted molar refractivity (Wildman–Crippen MR) is 156 cm³/mol. The first-order valence-electron chi connectivity index (χ1n) is 15.8. The molecule has 14 heteroatoms. The maximum Gasteiger partial charge on any atom is 0.407 e. The maximum absolute atomic E-state index is 14.3. The molecule has 4 saturated heterocycles. The number of esters is 3. The molecule has 4 aliphatic heterocycles. The lowest BCUT2D eigenvalue weighted by Gasteiger charge is -2.48. The number of fused-ring (bicyclic) bond motifs is 1. The van der Waals surface area contributed by atoms with Crippen molar-refractivity contribution in [3.05, 3.63) is 29.8 Å². The molecule has 3 N–H and O–H groups in total. The molecule has 1 aromatic rings. The Kier molecular flexibility index (Phi) is 6.54. The Bertz CT molecular complexity index is 1550. The molecule has 6 aliphatic rings. The number of carbonyl (C=O) groups excluding carboxylic acids is 4. The van der Waals surface area contributed by atoms with Crippen LogP contribution in [0.1, 0.15) is 54.0 Å². The molecule has 256 valence electrons. The molecule has 12 atom stereocenters. The SMILES string of the molecule is COc1ccc(CO[C@H]2C(=O)OC3OC45C(=O)OC6[C@H](O)[C@@H](C(C)(C)C)C32C64[C@@H](OC(=O)NC(C)(C)C)C2OC(=O)[C@@H](C)[C@@]25O)cc1. The summed E-state index contributed by atoms with van der Waals surface area (Å²) in [5.41, 5.74) is -9.72. The standard InChI is InChI=1S/C33H41NO13/c1-14-23(36)43-21-20(45-27(39)34-29(5,6)7)31-19-17(35)18(28(2,3)4)30(31)22(42-13-15-9-11-16(41-8)12-10-15)24(37)46-26(30)47-33(31,25(38)44-19)32(14,21)40/h9-12,14,17-22,26,35,40H,13H2,1-8H3,(H,34,39)/t14-,17-,18+,19?,20+,21?,22+,26?,30?,31?,32-,33?/m1/s1. The topological polar surface area (TPSA) is 185 Å². The van der Waals surface area contributed by atoms with Crippen molar-refractivity contribution >= 4 is 24.0 Å². The lowest BCUT2D eigenvalue weighted by atomic mass is 9.50. The van der Waals surface area contributed by atoms with Crippen LogP contribution in [0.5, 0.6) is 5.75 Å². The Morgan fingerprint density at radius 3 is 2.23 bits per heavy atom. The molecular formula is C33H41NO13. The van der Waals surface area contributed by atoms with Crippen LogP contribution in [-0.4, -0.2) is 94.9 Å². The van der Waals surface area contributed by atoms with E-state index in [1.54, 1.807) is 45.0 Å². The monoisotopic (exact) mass is 659 g/mol. The first-order valence-corrected chi connectivity index (χ1v) is 15.8. The van der Waals surface area contributed by atoms with Gasteiger partial charge in [-0.25, -0.2) is 14.4 Å². The predicted octanol–water partition coefficient (Wildman–Crippen LogP) is 1.37. The van der Waals surface area contributed by atoms with Crippen molar-refractivity contribution in [1.29, 1.82) is 0 Å². The van der Waals surface area contributed by atoms with Crippen LogP contribution in [0.15, 0.2) is 24.3 Å². The molecule has 0 radical (unpaired) electrons. The number of methoxy groups -OCH3 is 1. The molecule has 1 amide bonds. The fraction of sp³-hybridized carbons (Fsp3) is 0.697. The first kappa shape index (κ1) is 32.1. The van der Waals surface area contributed by atoms with Crippen molar-refractivity contribution in [2.24, 2.45) is 28.1 Å². The van der Waals surface area contributed by atoms with Gasteiger partial charge in [0.2, 0.25) is 11.9 Å². The largest absolute Gasteiger partial charge is 0.497 e. The Balaban J connectivity index is 1.47. The molecule has 4 heterocycles. The van der Waals surface area contributed by atoms with Crippen LogP contribution in [0, 0.1) is 28.1 Å². The smallest absolute Gasteiger partial charge is 0.407 e. The Hall–Kier alpha value is -3.46. The molecule has 1 aromatic carbocycles. The van der Waals surface area contributed by atoms with E-state index < -0.39 is 106 Å². The van der Waals surface area contributed by atoms with Crippen LogP contribution in [0.25, 0.3) is 0 Å². The van der Waals surface area contributed by atoms with Gasteiger partial charge in [0.05, 0.1) is 31.2 Å². The normalized spacial score (nSPS) is 44.3. The van der Waals surface area contributed by atoms with Gasteiger partial charge < -0.3 is 48.7 Å². The van der Waals surface area contributed by atoms with Crippen LogP contribution in [0.4, 0.5) is 4.79 Å². The second-order valence-electron chi connectivity index (χ2n) is 15.7. The van der Waals surface area contributed by atoms with Crippen LogP contribution in [0.3, 0.4) is 0 Å². The Morgan fingerprint density at radius 1 is 0.979 bits per heavy atom. The number of alkyl carbamates (subject to hydrolysis) is 1. The van der Waals surface area contributed by atoms with E-state index in [-0.39, 0.29) is 6.61 Å². The molecule has 0 aromatic heterocycles. The van der Waals surface area contributed by atoms with Crippen molar-refractivity contribution in [2.75, 3.05) is 7.11 Å². The van der Waals surface area contributed by atoms with E-state index in [1.165, 1.54) is 14.0 Å². The van der Waals surface area contributed by atoms with Gasteiger partial charge in [0.25, 0.3) is 0 Å². The summed E-state index contributed by atoms with van der Waals surface area (Å²) in [5.74, 6) is -4.50. The summed E-state index contributed by atoms with van der Waals surface area (Å²) in [6.07, 6.45) is -10.3. The fourth-order valence-corrected chi connectivity index (χ4v) is 9.92. The van der Waals surface area contributed by atoms with E-state index >= 15 is 0 Å². The molecule has 14 nitrogen and oxygen atoms in total. The molecule has 2 spiro atoms. The lowest BCUT2D eigenvalue weighted by Crippen LogP contribution is -2.67. The summed E-state index contributed by atoms with van der Waals surface area (Å²) in [6, 6.07) is 6.97. The number of rotatable bonds is 5. The highest BCUT2D eigenvalue weighted by Gasteiger charge is 3.06. The van der Waals surface area contributed by atoms with Gasteiger partial charge in [0, 0.05) is 11.5 Å². The van der Waals surface area contributed by atoms with Gasteiger partial charge >= 0.3 is 24.0 Å².